The van der Waals surface area contributed by atoms with E-state index in [1.54, 1.807) is 0 Å². The summed E-state index contributed by atoms with van der Waals surface area (Å²) in [5.41, 5.74) is 29.5. The first-order chi connectivity index (χ1) is 36.3. The third kappa shape index (κ3) is 5.31. The third-order valence-corrected chi connectivity index (χ3v) is 18.6. The van der Waals surface area contributed by atoms with Crippen molar-refractivity contribution in [1.29, 1.82) is 0 Å². The molecular formula is C72H55NO2. The van der Waals surface area contributed by atoms with Crippen molar-refractivity contribution in [2.45, 2.75) is 77.0 Å². The molecule has 2 heterocycles. The zero-order chi connectivity index (χ0) is 50.7. The fourth-order valence-electron chi connectivity index (χ4n) is 15.1. The van der Waals surface area contributed by atoms with Gasteiger partial charge in [-0.1, -0.05) is 195 Å². The number of benzene rings is 10. The van der Waals surface area contributed by atoms with Crippen LogP contribution in [-0.2, 0) is 21.7 Å². The highest BCUT2D eigenvalue weighted by Gasteiger charge is 2.49. The number of hydrogen-bond acceptors (Lipinski definition) is 3. The van der Waals surface area contributed by atoms with Crippen molar-refractivity contribution in [2.24, 2.45) is 0 Å². The van der Waals surface area contributed by atoms with Crippen LogP contribution < -0.4 is 4.90 Å². The Morgan fingerprint density at radius 3 is 1.48 bits per heavy atom. The van der Waals surface area contributed by atoms with Crippen LogP contribution in [0.4, 0.5) is 17.1 Å². The van der Waals surface area contributed by atoms with Gasteiger partial charge in [-0.2, -0.15) is 0 Å². The van der Waals surface area contributed by atoms with E-state index in [0.717, 1.165) is 50.2 Å². The number of fused-ring (bicyclic) bond motifs is 22. The first-order valence-corrected chi connectivity index (χ1v) is 26.8. The molecular weight excluding hydrogens is 911 g/mol. The topological polar surface area (TPSA) is 29.5 Å². The van der Waals surface area contributed by atoms with Crippen molar-refractivity contribution in [3.05, 3.63) is 233 Å². The molecule has 360 valence electrons. The predicted octanol–water partition coefficient (Wildman–Crippen LogP) is 19.8. The van der Waals surface area contributed by atoms with Crippen LogP contribution in [-0.4, -0.2) is 0 Å². The fraction of sp³-hybridized carbons (Fsp3) is 0.167. The number of para-hydroxylation sites is 2. The van der Waals surface area contributed by atoms with Crippen molar-refractivity contribution in [3.8, 4) is 55.6 Å². The first kappa shape index (κ1) is 43.0. The molecule has 2 aromatic heterocycles. The average molecular weight is 966 g/mol. The molecule has 0 bridgehead atoms. The summed E-state index contributed by atoms with van der Waals surface area (Å²) in [5.74, 6) is 0. The highest BCUT2D eigenvalue weighted by atomic mass is 16.3. The van der Waals surface area contributed by atoms with Gasteiger partial charge in [0, 0.05) is 71.3 Å². The zero-order valence-corrected chi connectivity index (χ0v) is 43.7. The van der Waals surface area contributed by atoms with Crippen molar-refractivity contribution < 1.29 is 8.83 Å². The maximum atomic E-state index is 7.12. The minimum atomic E-state index is -0.368. The second kappa shape index (κ2) is 14.3. The molecule has 4 aliphatic carbocycles. The number of nitrogens with zero attached hydrogens (tertiary/aromatic N) is 1. The Kier molecular flexibility index (Phi) is 8.18. The van der Waals surface area contributed by atoms with Crippen LogP contribution in [0.25, 0.3) is 99.5 Å². The van der Waals surface area contributed by atoms with E-state index in [4.69, 9.17) is 8.83 Å². The second-order valence-corrected chi connectivity index (χ2v) is 23.9. The summed E-state index contributed by atoms with van der Waals surface area (Å²) in [6.45, 7) is 19.4. The highest BCUT2D eigenvalue weighted by molar-refractivity contribution is 6.21. The van der Waals surface area contributed by atoms with E-state index < -0.39 is 0 Å². The van der Waals surface area contributed by atoms with Crippen molar-refractivity contribution >= 4 is 60.9 Å². The average Bonchev–Trinajstić information content (AvgIpc) is 4.22. The number of furan rings is 2. The molecule has 0 saturated carbocycles. The summed E-state index contributed by atoms with van der Waals surface area (Å²) in [4.78, 5) is 2.58. The Morgan fingerprint density at radius 1 is 0.320 bits per heavy atom. The summed E-state index contributed by atoms with van der Waals surface area (Å²) < 4.78 is 14.0. The molecule has 3 nitrogen and oxygen atoms in total. The van der Waals surface area contributed by atoms with E-state index in [2.05, 4.69) is 248 Å². The lowest BCUT2D eigenvalue weighted by atomic mass is 9.72. The van der Waals surface area contributed by atoms with E-state index in [1.165, 1.54) is 111 Å². The molecule has 4 aliphatic rings. The van der Waals surface area contributed by atoms with Gasteiger partial charge >= 0.3 is 0 Å². The SMILES string of the molecule is CC1(C)c2ccccc2-c2c(N(c3ccc4c(c3)C(C)(C)c3cc(-c5ccccc5)c5oc6ccccc6c5c3-4)c3ccc4c(c3)C(C)(C)c3c5c(c6c(oc7ccccc76)c3-4)-c3ccccc3C5(C)C)cccc21. The minimum absolute atomic E-state index is 0.172. The smallest absolute Gasteiger partial charge is 0.144 e. The molecule has 3 heteroatoms. The molecule has 0 spiro atoms. The van der Waals surface area contributed by atoms with Gasteiger partial charge in [0.2, 0.25) is 0 Å². The number of rotatable bonds is 4. The molecule has 16 rings (SSSR count). The van der Waals surface area contributed by atoms with Gasteiger partial charge in [-0.25, -0.2) is 0 Å². The van der Waals surface area contributed by atoms with Crippen molar-refractivity contribution in [2.75, 3.05) is 4.90 Å². The van der Waals surface area contributed by atoms with Gasteiger partial charge < -0.3 is 13.7 Å². The summed E-state index contributed by atoms with van der Waals surface area (Å²) >= 11 is 0. The lowest BCUT2D eigenvalue weighted by molar-refractivity contribution is 0.600. The zero-order valence-electron chi connectivity index (χ0n) is 43.7. The molecule has 0 aliphatic heterocycles. The van der Waals surface area contributed by atoms with Crippen LogP contribution in [0.1, 0.15) is 99.9 Å². The van der Waals surface area contributed by atoms with Gasteiger partial charge in [0.05, 0.1) is 5.69 Å². The minimum Gasteiger partial charge on any atom is -0.455 e. The molecule has 0 N–H and O–H groups in total. The molecule has 0 radical (unpaired) electrons. The maximum Gasteiger partial charge on any atom is 0.144 e. The van der Waals surface area contributed by atoms with Crippen LogP contribution in [0.2, 0.25) is 0 Å². The van der Waals surface area contributed by atoms with Crippen LogP contribution >= 0.6 is 0 Å². The molecule has 10 aromatic carbocycles. The lowest BCUT2D eigenvalue weighted by Gasteiger charge is -2.32. The van der Waals surface area contributed by atoms with Gasteiger partial charge in [0.1, 0.15) is 22.3 Å². The number of hydrogen-bond donors (Lipinski definition) is 0. The van der Waals surface area contributed by atoms with E-state index in [-0.39, 0.29) is 21.7 Å². The molecule has 75 heavy (non-hydrogen) atoms. The Morgan fingerprint density at radius 2 is 0.800 bits per heavy atom. The van der Waals surface area contributed by atoms with Crippen LogP contribution in [0.15, 0.2) is 197 Å². The maximum absolute atomic E-state index is 7.12. The first-order valence-electron chi connectivity index (χ1n) is 26.8. The fourth-order valence-corrected chi connectivity index (χ4v) is 15.1. The largest absolute Gasteiger partial charge is 0.455 e. The van der Waals surface area contributed by atoms with Gasteiger partial charge in [-0.05, 0) is 132 Å². The monoisotopic (exact) mass is 965 g/mol. The van der Waals surface area contributed by atoms with Gasteiger partial charge in [0.25, 0.3) is 0 Å². The summed E-state index contributed by atoms with van der Waals surface area (Å²) in [6.07, 6.45) is 0. The summed E-state index contributed by atoms with van der Waals surface area (Å²) in [6, 6.07) is 70.1. The molecule has 0 atom stereocenters. The normalized spacial score (nSPS) is 16.2. The van der Waals surface area contributed by atoms with Crippen molar-refractivity contribution in [3.63, 3.8) is 0 Å². The van der Waals surface area contributed by atoms with Gasteiger partial charge in [-0.3, -0.25) is 0 Å². The lowest BCUT2D eigenvalue weighted by Crippen LogP contribution is -2.24. The number of anilines is 3. The van der Waals surface area contributed by atoms with E-state index in [9.17, 15) is 0 Å². The molecule has 0 saturated heterocycles. The predicted molar refractivity (Wildman–Crippen MR) is 311 cm³/mol. The molecule has 0 fully saturated rings. The van der Waals surface area contributed by atoms with Crippen LogP contribution in [0.5, 0.6) is 0 Å². The second-order valence-electron chi connectivity index (χ2n) is 23.9. The van der Waals surface area contributed by atoms with E-state index >= 15 is 0 Å². The van der Waals surface area contributed by atoms with Gasteiger partial charge in [-0.15, -0.1) is 0 Å². The quantitative estimate of drug-likeness (QED) is 0.176. The van der Waals surface area contributed by atoms with E-state index in [0.29, 0.717) is 0 Å². The summed E-state index contributed by atoms with van der Waals surface area (Å²) in [5, 5.41) is 4.74. The van der Waals surface area contributed by atoms with Crippen molar-refractivity contribution in [1.82, 2.24) is 0 Å². The Balaban J connectivity index is 0.954. The van der Waals surface area contributed by atoms with Crippen LogP contribution in [0.3, 0.4) is 0 Å². The van der Waals surface area contributed by atoms with Crippen LogP contribution in [0, 0.1) is 0 Å². The molecule has 0 unspecified atom stereocenters. The standard InChI is InChI=1S/C72H55NO2/c1-69(2)50-27-16-12-23-43(50)59-52(69)29-20-30-56(59)73(41-33-35-45-53(37-41)70(3,4)55-39-49(40-21-10-9-11-22-40)67-62(60(45)55)47-25-14-18-31-57(47)74-67)42-34-36-46-54(38-42)72(7,8)66-64(46)68-63(48-26-15-19-32-58(48)75-68)61-44-24-13-17-28-51(44)71(5,6)65(61)66/h9-39H,1-8H3. The molecule has 12 aromatic rings. The Labute approximate surface area is 437 Å². The molecule has 0 amide bonds. The van der Waals surface area contributed by atoms with E-state index in [1.807, 2.05) is 0 Å². The summed E-state index contributed by atoms with van der Waals surface area (Å²) in [7, 11) is 0. The highest BCUT2D eigenvalue weighted by Crippen LogP contribution is 2.65. The Hall–Kier alpha value is -8.40. The Bertz CT molecular complexity index is 4530. The third-order valence-electron chi connectivity index (χ3n) is 18.6. The van der Waals surface area contributed by atoms with Gasteiger partial charge in [0.15, 0.2) is 0 Å².